The van der Waals surface area contributed by atoms with Crippen molar-refractivity contribution in [2.75, 3.05) is 19.8 Å². The van der Waals surface area contributed by atoms with Gasteiger partial charge in [0.15, 0.2) is 6.67 Å². The molecule has 17 heavy (non-hydrogen) atoms. The van der Waals surface area contributed by atoms with Crippen LogP contribution in [0.5, 0.6) is 0 Å². The normalized spacial score (nSPS) is 14.6. The van der Waals surface area contributed by atoms with E-state index < -0.39 is 0 Å². The van der Waals surface area contributed by atoms with E-state index in [1.54, 1.807) is 24.3 Å². The van der Waals surface area contributed by atoms with Gasteiger partial charge in [0.1, 0.15) is 0 Å². The molecule has 0 radical (unpaired) electrons. The largest absolute Gasteiger partial charge is 0.318 e. The van der Waals surface area contributed by atoms with Crippen LogP contribution in [0.3, 0.4) is 0 Å². The molecule has 4 heteroatoms. The zero-order valence-electron chi connectivity index (χ0n) is 10.2. The number of amides is 2. The summed E-state index contributed by atoms with van der Waals surface area (Å²) in [6, 6.07) is 7.01. The molecule has 2 rings (SSSR count). The first-order chi connectivity index (χ1) is 8.19. The lowest BCUT2D eigenvalue weighted by molar-refractivity contribution is -0.903. The Morgan fingerprint density at radius 2 is 1.47 bits per heavy atom. The summed E-state index contributed by atoms with van der Waals surface area (Å²) in [4.78, 5) is 26.7. The number of hydrogen-bond donors (Lipinski definition) is 1. The number of rotatable bonds is 4. The Hall–Kier alpha value is -1.68. The van der Waals surface area contributed by atoms with Gasteiger partial charge in [0, 0.05) is 0 Å². The van der Waals surface area contributed by atoms with E-state index in [2.05, 4.69) is 13.8 Å². The first kappa shape index (κ1) is 11.8. The Bertz CT molecular complexity index is 417. The monoisotopic (exact) mass is 233 g/mol. The van der Waals surface area contributed by atoms with E-state index in [1.165, 1.54) is 9.80 Å². The molecule has 2 amide bonds. The van der Waals surface area contributed by atoms with Crippen LogP contribution in [0.15, 0.2) is 24.3 Å². The van der Waals surface area contributed by atoms with E-state index in [-0.39, 0.29) is 11.8 Å². The van der Waals surface area contributed by atoms with Crippen molar-refractivity contribution in [2.24, 2.45) is 0 Å². The Balaban J connectivity index is 2.24. The number of carbonyl (C=O) groups excluding carboxylic acids is 2. The minimum atomic E-state index is -0.162. The van der Waals surface area contributed by atoms with Gasteiger partial charge < -0.3 is 4.90 Å². The zero-order valence-corrected chi connectivity index (χ0v) is 10.2. The lowest BCUT2D eigenvalue weighted by Gasteiger charge is -2.21. The van der Waals surface area contributed by atoms with E-state index in [9.17, 15) is 9.59 Å². The molecule has 0 aromatic heterocycles. The van der Waals surface area contributed by atoms with Crippen molar-refractivity contribution in [3.05, 3.63) is 35.4 Å². The van der Waals surface area contributed by atoms with Crippen LogP contribution in [-0.4, -0.2) is 36.5 Å². The summed E-state index contributed by atoms with van der Waals surface area (Å²) in [5.41, 5.74) is 1.06. The Labute approximate surface area is 101 Å². The minimum Gasteiger partial charge on any atom is -0.318 e. The lowest BCUT2D eigenvalue weighted by atomic mass is 10.1. The van der Waals surface area contributed by atoms with Crippen LogP contribution in [0, 0.1) is 0 Å². The fourth-order valence-electron chi connectivity index (χ4n) is 2.08. The Morgan fingerprint density at radius 1 is 1.00 bits per heavy atom. The first-order valence-electron chi connectivity index (χ1n) is 5.97. The predicted octanol–water partition coefficient (Wildman–Crippen LogP) is 0.165. The van der Waals surface area contributed by atoms with Gasteiger partial charge in [-0.05, 0) is 26.0 Å². The lowest BCUT2D eigenvalue weighted by Crippen LogP contribution is -3.13. The number of carbonyl (C=O) groups is 2. The molecule has 0 saturated heterocycles. The van der Waals surface area contributed by atoms with Gasteiger partial charge in [-0.2, -0.15) is 0 Å². The highest BCUT2D eigenvalue weighted by molar-refractivity contribution is 6.21. The smallest absolute Gasteiger partial charge is 0.265 e. The van der Waals surface area contributed by atoms with E-state index in [0.717, 1.165) is 13.1 Å². The molecule has 1 N–H and O–H groups in total. The SMILES string of the molecule is CC[NH+](CC)CN1C(=O)c2ccccc2C1=O. The number of fused-ring (bicyclic) bond motifs is 1. The fraction of sp³-hybridized carbons (Fsp3) is 0.385. The zero-order chi connectivity index (χ0) is 12.4. The third-order valence-corrected chi connectivity index (χ3v) is 3.26. The highest BCUT2D eigenvalue weighted by Crippen LogP contribution is 2.20. The van der Waals surface area contributed by atoms with Crippen molar-refractivity contribution in [3.63, 3.8) is 0 Å². The molecule has 1 aromatic rings. The van der Waals surface area contributed by atoms with Crippen molar-refractivity contribution in [2.45, 2.75) is 13.8 Å². The molecule has 4 nitrogen and oxygen atoms in total. The van der Waals surface area contributed by atoms with Crippen LogP contribution in [0.25, 0.3) is 0 Å². The van der Waals surface area contributed by atoms with Crippen LogP contribution in [0.2, 0.25) is 0 Å². The van der Waals surface area contributed by atoms with Crippen molar-refractivity contribution in [1.29, 1.82) is 0 Å². The third kappa shape index (κ3) is 1.96. The van der Waals surface area contributed by atoms with Gasteiger partial charge in [-0.1, -0.05) is 12.1 Å². The molecular weight excluding hydrogens is 216 g/mol. The quantitative estimate of drug-likeness (QED) is 0.753. The summed E-state index contributed by atoms with van der Waals surface area (Å²) < 4.78 is 0. The van der Waals surface area contributed by atoms with Gasteiger partial charge in [0.2, 0.25) is 0 Å². The fourth-order valence-corrected chi connectivity index (χ4v) is 2.08. The van der Waals surface area contributed by atoms with E-state index in [1.807, 2.05) is 0 Å². The Morgan fingerprint density at radius 3 is 1.88 bits per heavy atom. The summed E-state index contributed by atoms with van der Waals surface area (Å²) in [6.07, 6.45) is 0. The predicted molar refractivity (Wildman–Crippen MR) is 63.9 cm³/mol. The maximum Gasteiger partial charge on any atom is 0.265 e. The van der Waals surface area contributed by atoms with Gasteiger partial charge in [-0.25, -0.2) is 4.90 Å². The van der Waals surface area contributed by atoms with Gasteiger partial charge in [-0.3, -0.25) is 9.59 Å². The highest BCUT2D eigenvalue weighted by Gasteiger charge is 2.36. The topological polar surface area (TPSA) is 41.8 Å². The van der Waals surface area contributed by atoms with Crippen LogP contribution in [0.4, 0.5) is 0 Å². The molecule has 1 aromatic carbocycles. The summed E-state index contributed by atoms with van der Waals surface area (Å²) in [5, 5.41) is 0. The second-order valence-corrected chi connectivity index (χ2v) is 4.20. The number of benzene rings is 1. The van der Waals surface area contributed by atoms with Gasteiger partial charge >= 0.3 is 0 Å². The molecule has 0 spiro atoms. The summed E-state index contributed by atoms with van der Waals surface area (Å²) >= 11 is 0. The maximum atomic E-state index is 12.1. The van der Waals surface area contributed by atoms with Gasteiger partial charge in [0.25, 0.3) is 11.8 Å². The maximum absolute atomic E-state index is 12.1. The van der Waals surface area contributed by atoms with Gasteiger partial charge in [-0.15, -0.1) is 0 Å². The van der Waals surface area contributed by atoms with Crippen LogP contribution in [0.1, 0.15) is 34.6 Å². The number of hydrogen-bond acceptors (Lipinski definition) is 2. The first-order valence-corrected chi connectivity index (χ1v) is 5.97. The number of quaternary nitrogens is 1. The molecular formula is C13H17N2O2+. The average molecular weight is 233 g/mol. The number of nitrogens with zero attached hydrogens (tertiary/aromatic N) is 1. The standard InChI is InChI=1S/C13H16N2O2/c1-3-14(4-2)9-15-12(16)10-7-5-6-8-11(10)13(15)17/h5-8H,3-4,9H2,1-2H3/p+1. The molecule has 1 aliphatic heterocycles. The van der Waals surface area contributed by atoms with Crippen molar-refractivity contribution >= 4 is 11.8 Å². The Kier molecular flexibility index (Phi) is 3.24. The summed E-state index contributed by atoms with van der Waals surface area (Å²) in [5.74, 6) is -0.324. The molecule has 0 fully saturated rings. The molecule has 0 bridgehead atoms. The third-order valence-electron chi connectivity index (χ3n) is 3.26. The highest BCUT2D eigenvalue weighted by atomic mass is 16.2. The molecule has 0 atom stereocenters. The molecule has 0 aliphatic carbocycles. The number of nitrogens with one attached hydrogen (secondary N) is 1. The van der Waals surface area contributed by atoms with Crippen molar-refractivity contribution in [3.8, 4) is 0 Å². The van der Waals surface area contributed by atoms with Gasteiger partial charge in [0.05, 0.1) is 24.2 Å². The molecule has 90 valence electrons. The molecule has 1 aliphatic rings. The molecule has 0 saturated carbocycles. The van der Waals surface area contributed by atoms with Crippen LogP contribution >= 0.6 is 0 Å². The van der Waals surface area contributed by atoms with Crippen molar-refractivity contribution in [1.82, 2.24) is 4.90 Å². The van der Waals surface area contributed by atoms with Crippen LogP contribution in [-0.2, 0) is 0 Å². The summed E-state index contributed by atoms with van der Waals surface area (Å²) in [7, 11) is 0. The minimum absolute atomic E-state index is 0.162. The molecule has 0 unspecified atom stereocenters. The number of imide groups is 1. The molecule has 1 heterocycles. The van der Waals surface area contributed by atoms with E-state index in [0.29, 0.717) is 17.8 Å². The van der Waals surface area contributed by atoms with Crippen molar-refractivity contribution < 1.29 is 14.5 Å². The summed E-state index contributed by atoms with van der Waals surface area (Å²) in [6.45, 7) is 6.38. The second-order valence-electron chi connectivity index (χ2n) is 4.20. The van der Waals surface area contributed by atoms with E-state index >= 15 is 0 Å². The van der Waals surface area contributed by atoms with Crippen LogP contribution < -0.4 is 4.90 Å². The van der Waals surface area contributed by atoms with E-state index in [4.69, 9.17) is 0 Å². The second kappa shape index (κ2) is 4.67. The average Bonchev–Trinajstić information content (AvgIpc) is 2.61.